The first-order valence-corrected chi connectivity index (χ1v) is 6.18. The third-order valence-corrected chi connectivity index (χ3v) is 3.02. The molecule has 21 heavy (non-hydrogen) atoms. The molecule has 0 atom stereocenters. The molecular formula is C15H13F3N2O. The Hall–Kier alpha value is -2.34. The van der Waals surface area contributed by atoms with Crippen LogP contribution in [0.2, 0.25) is 0 Å². The largest absolute Gasteiger partial charge is 0.326 e. The standard InChI is InChI=1S/C15H13F3N2O/c1-8-2-3-9(7-19)4-13(8)20-15(21)14-11(17)5-10(16)6-12(14)18/h2-6H,7,19H2,1H3,(H,20,21). The Kier molecular flexibility index (Phi) is 4.28. The molecule has 0 saturated heterocycles. The fraction of sp³-hybridized carbons (Fsp3) is 0.133. The van der Waals surface area contributed by atoms with Gasteiger partial charge in [0.05, 0.1) is 0 Å². The highest BCUT2D eigenvalue weighted by atomic mass is 19.1. The van der Waals surface area contributed by atoms with Crippen molar-refractivity contribution < 1.29 is 18.0 Å². The number of amides is 1. The van der Waals surface area contributed by atoms with Gasteiger partial charge in [0.1, 0.15) is 23.0 Å². The number of nitrogens with two attached hydrogens (primary N) is 1. The van der Waals surface area contributed by atoms with Gasteiger partial charge in [-0.05, 0) is 24.1 Å². The molecule has 0 aliphatic rings. The highest BCUT2D eigenvalue weighted by molar-refractivity contribution is 6.05. The first-order valence-electron chi connectivity index (χ1n) is 6.18. The van der Waals surface area contributed by atoms with E-state index in [1.54, 1.807) is 25.1 Å². The topological polar surface area (TPSA) is 55.1 Å². The van der Waals surface area contributed by atoms with Crippen LogP contribution in [0.3, 0.4) is 0 Å². The molecule has 1 amide bonds. The second-order valence-corrected chi connectivity index (χ2v) is 4.55. The Balaban J connectivity index is 2.35. The van der Waals surface area contributed by atoms with Crippen LogP contribution in [0.15, 0.2) is 30.3 Å². The average Bonchev–Trinajstić information content (AvgIpc) is 2.40. The molecule has 0 saturated carbocycles. The van der Waals surface area contributed by atoms with Crippen LogP contribution in [-0.4, -0.2) is 5.91 Å². The van der Waals surface area contributed by atoms with Crippen LogP contribution in [-0.2, 0) is 6.54 Å². The van der Waals surface area contributed by atoms with Crippen LogP contribution >= 0.6 is 0 Å². The third kappa shape index (κ3) is 3.22. The summed E-state index contributed by atoms with van der Waals surface area (Å²) >= 11 is 0. The Bertz CT molecular complexity index is 678. The van der Waals surface area contributed by atoms with Crippen LogP contribution in [0.1, 0.15) is 21.5 Å². The number of hydrogen-bond acceptors (Lipinski definition) is 2. The SMILES string of the molecule is Cc1ccc(CN)cc1NC(=O)c1c(F)cc(F)cc1F. The van der Waals surface area contributed by atoms with E-state index >= 15 is 0 Å². The minimum Gasteiger partial charge on any atom is -0.326 e. The molecule has 2 aromatic rings. The molecule has 3 nitrogen and oxygen atoms in total. The normalized spacial score (nSPS) is 10.5. The van der Waals surface area contributed by atoms with Crippen LogP contribution in [0.4, 0.5) is 18.9 Å². The number of hydrogen-bond donors (Lipinski definition) is 2. The molecule has 0 bridgehead atoms. The van der Waals surface area contributed by atoms with Crippen molar-refractivity contribution in [2.24, 2.45) is 5.73 Å². The van der Waals surface area contributed by atoms with Crippen molar-refractivity contribution in [3.05, 3.63) is 64.5 Å². The van der Waals surface area contributed by atoms with Gasteiger partial charge in [0.25, 0.3) is 5.91 Å². The summed E-state index contributed by atoms with van der Waals surface area (Å²) in [6.45, 7) is 2.00. The second-order valence-electron chi connectivity index (χ2n) is 4.55. The molecule has 6 heteroatoms. The molecule has 2 aromatic carbocycles. The van der Waals surface area contributed by atoms with Gasteiger partial charge in [-0.2, -0.15) is 0 Å². The summed E-state index contributed by atoms with van der Waals surface area (Å²) in [6, 6.07) is 6.05. The zero-order valence-electron chi connectivity index (χ0n) is 11.2. The lowest BCUT2D eigenvalue weighted by molar-refractivity contribution is 0.101. The van der Waals surface area contributed by atoms with E-state index < -0.39 is 28.9 Å². The van der Waals surface area contributed by atoms with Gasteiger partial charge in [0.15, 0.2) is 0 Å². The first-order chi connectivity index (χ1) is 9.92. The fourth-order valence-corrected chi connectivity index (χ4v) is 1.87. The van der Waals surface area contributed by atoms with E-state index in [0.29, 0.717) is 23.4 Å². The summed E-state index contributed by atoms with van der Waals surface area (Å²) in [5, 5.41) is 2.41. The van der Waals surface area contributed by atoms with Gasteiger partial charge in [-0.1, -0.05) is 12.1 Å². The molecule has 0 aliphatic heterocycles. The van der Waals surface area contributed by atoms with Gasteiger partial charge in [-0.15, -0.1) is 0 Å². The van der Waals surface area contributed by atoms with Crippen molar-refractivity contribution in [2.75, 3.05) is 5.32 Å². The predicted molar refractivity (Wildman–Crippen MR) is 73.3 cm³/mol. The molecule has 0 unspecified atom stereocenters. The number of rotatable bonds is 3. The zero-order chi connectivity index (χ0) is 15.6. The number of halogens is 3. The van der Waals surface area contributed by atoms with Crippen LogP contribution in [0.25, 0.3) is 0 Å². The summed E-state index contributed by atoms with van der Waals surface area (Å²) in [5.74, 6) is -4.57. The van der Waals surface area contributed by atoms with Crippen LogP contribution in [0.5, 0.6) is 0 Å². The summed E-state index contributed by atoms with van der Waals surface area (Å²) in [4.78, 5) is 12.0. The average molecular weight is 294 g/mol. The van der Waals surface area contributed by atoms with Gasteiger partial charge in [-0.25, -0.2) is 13.2 Å². The molecule has 0 heterocycles. The van der Waals surface area contributed by atoms with Gasteiger partial charge in [-0.3, -0.25) is 4.79 Å². The van der Waals surface area contributed by atoms with E-state index in [9.17, 15) is 18.0 Å². The maximum absolute atomic E-state index is 13.5. The molecule has 0 aliphatic carbocycles. The zero-order valence-corrected chi connectivity index (χ0v) is 11.2. The predicted octanol–water partition coefficient (Wildman–Crippen LogP) is 3.12. The number of carbonyl (C=O) groups excluding carboxylic acids is 1. The Morgan fingerprint density at radius 3 is 2.33 bits per heavy atom. The van der Waals surface area contributed by atoms with Crippen molar-refractivity contribution in [3.63, 3.8) is 0 Å². The maximum Gasteiger partial charge on any atom is 0.261 e. The van der Waals surface area contributed by atoms with Crippen molar-refractivity contribution in [1.82, 2.24) is 0 Å². The third-order valence-electron chi connectivity index (χ3n) is 3.02. The quantitative estimate of drug-likeness (QED) is 0.913. The fourth-order valence-electron chi connectivity index (χ4n) is 1.87. The van der Waals surface area contributed by atoms with Gasteiger partial charge in [0, 0.05) is 24.4 Å². The molecule has 3 N–H and O–H groups in total. The summed E-state index contributed by atoms with van der Waals surface area (Å²) in [7, 11) is 0. The summed E-state index contributed by atoms with van der Waals surface area (Å²) in [5.41, 5.74) is 6.54. The van der Waals surface area contributed by atoms with E-state index in [-0.39, 0.29) is 6.54 Å². The molecule has 2 rings (SSSR count). The van der Waals surface area contributed by atoms with E-state index in [4.69, 9.17) is 5.73 Å². The Labute approximate surface area is 119 Å². The van der Waals surface area contributed by atoms with E-state index in [0.717, 1.165) is 5.56 Å². The molecule has 0 spiro atoms. The van der Waals surface area contributed by atoms with Gasteiger partial charge >= 0.3 is 0 Å². The van der Waals surface area contributed by atoms with Crippen molar-refractivity contribution in [2.45, 2.75) is 13.5 Å². The Morgan fingerprint density at radius 2 is 1.76 bits per heavy atom. The smallest absolute Gasteiger partial charge is 0.261 e. The monoisotopic (exact) mass is 294 g/mol. The van der Waals surface area contributed by atoms with Gasteiger partial charge in [0.2, 0.25) is 0 Å². The number of benzene rings is 2. The molecule has 0 aromatic heterocycles. The van der Waals surface area contributed by atoms with Crippen LogP contribution < -0.4 is 11.1 Å². The van der Waals surface area contributed by atoms with Crippen molar-refractivity contribution in [1.29, 1.82) is 0 Å². The highest BCUT2D eigenvalue weighted by Crippen LogP contribution is 2.20. The molecule has 0 fully saturated rings. The highest BCUT2D eigenvalue weighted by Gasteiger charge is 2.19. The number of carbonyl (C=O) groups is 1. The molecule has 0 radical (unpaired) electrons. The van der Waals surface area contributed by atoms with E-state index in [1.165, 1.54) is 0 Å². The molecule has 110 valence electrons. The maximum atomic E-state index is 13.5. The number of anilines is 1. The van der Waals surface area contributed by atoms with Crippen LogP contribution in [0, 0.1) is 24.4 Å². The lowest BCUT2D eigenvalue weighted by atomic mass is 10.1. The lowest BCUT2D eigenvalue weighted by Crippen LogP contribution is -2.17. The van der Waals surface area contributed by atoms with E-state index in [2.05, 4.69) is 5.32 Å². The Morgan fingerprint density at radius 1 is 1.14 bits per heavy atom. The minimum absolute atomic E-state index is 0.266. The lowest BCUT2D eigenvalue weighted by Gasteiger charge is -2.11. The first kappa shape index (κ1) is 15.1. The summed E-state index contributed by atoms with van der Waals surface area (Å²) < 4.78 is 39.9. The number of nitrogens with one attached hydrogen (secondary N) is 1. The minimum atomic E-state index is -1.25. The van der Waals surface area contributed by atoms with Crippen molar-refractivity contribution in [3.8, 4) is 0 Å². The summed E-state index contributed by atoms with van der Waals surface area (Å²) in [6.07, 6.45) is 0. The number of aryl methyl sites for hydroxylation is 1. The van der Waals surface area contributed by atoms with Gasteiger partial charge < -0.3 is 11.1 Å². The van der Waals surface area contributed by atoms with Crippen molar-refractivity contribution >= 4 is 11.6 Å². The second kappa shape index (κ2) is 5.97. The molecular weight excluding hydrogens is 281 g/mol. The van der Waals surface area contributed by atoms with E-state index in [1.807, 2.05) is 0 Å².